The Bertz CT molecular complexity index is 564. The highest BCUT2D eigenvalue weighted by molar-refractivity contribution is 14.0. The van der Waals surface area contributed by atoms with E-state index in [0.29, 0.717) is 24.3 Å². The van der Waals surface area contributed by atoms with Crippen LogP contribution in [0, 0.1) is 5.92 Å². The van der Waals surface area contributed by atoms with E-state index in [0.717, 1.165) is 24.5 Å². The predicted molar refractivity (Wildman–Crippen MR) is 118 cm³/mol. The highest BCUT2D eigenvalue weighted by Gasteiger charge is 2.06. The minimum Gasteiger partial charge on any atom is -0.484 e. The minimum absolute atomic E-state index is 0. The van der Waals surface area contributed by atoms with Crippen LogP contribution in [0.1, 0.15) is 46.1 Å². The van der Waals surface area contributed by atoms with Crippen molar-refractivity contribution in [2.75, 3.05) is 13.2 Å². The first-order chi connectivity index (χ1) is 11.9. The van der Waals surface area contributed by atoms with Gasteiger partial charge in [0, 0.05) is 12.6 Å². The lowest BCUT2D eigenvalue weighted by Crippen LogP contribution is -2.42. The number of nitrogens with one attached hydrogen (secondary N) is 2. The van der Waals surface area contributed by atoms with Gasteiger partial charge in [0.15, 0.2) is 12.6 Å². The van der Waals surface area contributed by atoms with E-state index < -0.39 is 5.91 Å². The normalized spacial score (nSPS) is 12.3. The molecule has 0 spiro atoms. The SMILES string of the molecule is CCNC(=NCc1cccc(OCC(N)=O)c1)NC(C)CCC(C)C.I. The summed E-state index contributed by atoms with van der Waals surface area (Å²) in [5, 5.41) is 6.72. The van der Waals surface area contributed by atoms with Crippen LogP contribution >= 0.6 is 24.0 Å². The van der Waals surface area contributed by atoms with Gasteiger partial charge < -0.3 is 21.1 Å². The Morgan fingerprint density at radius 3 is 2.62 bits per heavy atom. The molecule has 6 nitrogen and oxygen atoms in total. The first-order valence-electron chi connectivity index (χ1n) is 8.95. The number of nitrogens with two attached hydrogens (primary N) is 1. The first-order valence-corrected chi connectivity index (χ1v) is 8.95. The molecule has 0 bridgehead atoms. The summed E-state index contributed by atoms with van der Waals surface area (Å²) >= 11 is 0. The van der Waals surface area contributed by atoms with Crippen LogP contribution < -0.4 is 21.1 Å². The lowest BCUT2D eigenvalue weighted by atomic mass is 10.0. The van der Waals surface area contributed by atoms with Crippen molar-refractivity contribution in [3.8, 4) is 5.75 Å². The number of nitrogens with zero attached hydrogens (tertiary/aromatic N) is 1. The number of halogens is 1. The summed E-state index contributed by atoms with van der Waals surface area (Å²) in [4.78, 5) is 15.4. The number of rotatable bonds is 10. The van der Waals surface area contributed by atoms with Crippen LogP contribution in [0.5, 0.6) is 5.75 Å². The van der Waals surface area contributed by atoms with Gasteiger partial charge in [0.25, 0.3) is 5.91 Å². The van der Waals surface area contributed by atoms with Gasteiger partial charge in [-0.15, -0.1) is 24.0 Å². The highest BCUT2D eigenvalue weighted by atomic mass is 127. The third-order valence-corrected chi connectivity index (χ3v) is 3.60. The average Bonchev–Trinajstić information content (AvgIpc) is 2.56. The Balaban J connectivity index is 0.00000625. The Kier molecular flexibility index (Phi) is 12.9. The number of amides is 1. The molecular formula is C19H33IN4O2. The molecule has 0 saturated carbocycles. The maximum absolute atomic E-state index is 10.8. The van der Waals surface area contributed by atoms with Gasteiger partial charge in [0.1, 0.15) is 5.75 Å². The number of hydrogen-bond acceptors (Lipinski definition) is 3. The molecule has 7 heteroatoms. The zero-order valence-electron chi connectivity index (χ0n) is 16.2. The summed E-state index contributed by atoms with van der Waals surface area (Å²) in [6, 6.07) is 7.90. The topological polar surface area (TPSA) is 88.7 Å². The van der Waals surface area contributed by atoms with Crippen LogP contribution in [0.25, 0.3) is 0 Å². The molecule has 1 atom stereocenters. The molecule has 1 rings (SSSR count). The van der Waals surface area contributed by atoms with E-state index >= 15 is 0 Å². The van der Waals surface area contributed by atoms with Crippen molar-refractivity contribution < 1.29 is 9.53 Å². The maximum Gasteiger partial charge on any atom is 0.255 e. The molecule has 4 N–H and O–H groups in total. The molecule has 1 aromatic rings. The molecule has 0 heterocycles. The predicted octanol–water partition coefficient (Wildman–Crippen LogP) is 3.05. The zero-order valence-corrected chi connectivity index (χ0v) is 18.6. The summed E-state index contributed by atoms with van der Waals surface area (Å²) in [5.41, 5.74) is 6.11. The van der Waals surface area contributed by atoms with E-state index in [1.165, 1.54) is 6.42 Å². The van der Waals surface area contributed by atoms with Crippen molar-refractivity contribution in [3.63, 3.8) is 0 Å². The summed E-state index contributed by atoms with van der Waals surface area (Å²) in [5.74, 6) is 1.64. The number of aliphatic imine (C=N–C) groups is 1. The molecule has 0 aliphatic rings. The van der Waals surface area contributed by atoms with Crippen LogP contribution in [-0.2, 0) is 11.3 Å². The van der Waals surface area contributed by atoms with Crippen LogP contribution in [0.3, 0.4) is 0 Å². The van der Waals surface area contributed by atoms with Crippen molar-refractivity contribution in [2.45, 2.75) is 53.1 Å². The monoisotopic (exact) mass is 476 g/mol. The molecule has 0 radical (unpaired) electrons. The quantitative estimate of drug-likeness (QED) is 0.275. The van der Waals surface area contributed by atoms with Gasteiger partial charge in [-0.3, -0.25) is 4.79 Å². The molecule has 0 aromatic heterocycles. The second-order valence-corrected chi connectivity index (χ2v) is 6.61. The third kappa shape index (κ3) is 11.2. The van der Waals surface area contributed by atoms with E-state index in [2.05, 4.69) is 36.4 Å². The Hall–Kier alpha value is -1.51. The second kappa shape index (κ2) is 13.7. The zero-order chi connectivity index (χ0) is 18.7. The molecule has 0 saturated heterocycles. The van der Waals surface area contributed by atoms with Gasteiger partial charge in [-0.25, -0.2) is 4.99 Å². The summed E-state index contributed by atoms with van der Waals surface area (Å²) in [6.45, 7) is 9.91. The number of benzene rings is 1. The molecule has 26 heavy (non-hydrogen) atoms. The second-order valence-electron chi connectivity index (χ2n) is 6.61. The first kappa shape index (κ1) is 24.5. The van der Waals surface area contributed by atoms with Crippen molar-refractivity contribution >= 4 is 35.8 Å². The smallest absolute Gasteiger partial charge is 0.255 e. The molecule has 0 aliphatic heterocycles. The number of primary amides is 1. The number of ether oxygens (including phenoxy) is 1. The van der Waals surface area contributed by atoms with E-state index in [1.54, 1.807) is 6.07 Å². The highest BCUT2D eigenvalue weighted by Crippen LogP contribution is 2.14. The van der Waals surface area contributed by atoms with Crippen molar-refractivity contribution in [2.24, 2.45) is 16.6 Å². The average molecular weight is 476 g/mol. The molecule has 148 valence electrons. The fraction of sp³-hybridized carbons (Fsp3) is 0.579. The third-order valence-electron chi connectivity index (χ3n) is 3.60. The number of carbonyl (C=O) groups is 1. The molecule has 0 aliphatic carbocycles. The maximum atomic E-state index is 10.8. The van der Waals surface area contributed by atoms with Crippen LogP contribution in [-0.4, -0.2) is 31.1 Å². The van der Waals surface area contributed by atoms with E-state index in [-0.39, 0.29) is 30.6 Å². The van der Waals surface area contributed by atoms with Crippen molar-refractivity contribution in [1.82, 2.24) is 10.6 Å². The van der Waals surface area contributed by atoms with Gasteiger partial charge in [-0.05, 0) is 50.3 Å². The van der Waals surface area contributed by atoms with E-state index in [9.17, 15) is 4.79 Å². The summed E-state index contributed by atoms with van der Waals surface area (Å²) in [7, 11) is 0. The number of guanidine groups is 1. The molecule has 0 fully saturated rings. The minimum atomic E-state index is -0.488. The molecular weight excluding hydrogens is 443 g/mol. The van der Waals surface area contributed by atoms with Gasteiger partial charge in [0.05, 0.1) is 6.54 Å². The van der Waals surface area contributed by atoms with Crippen LogP contribution in [0.2, 0.25) is 0 Å². The largest absolute Gasteiger partial charge is 0.484 e. The van der Waals surface area contributed by atoms with Gasteiger partial charge in [-0.2, -0.15) is 0 Å². The summed E-state index contributed by atoms with van der Waals surface area (Å²) < 4.78 is 5.33. The molecule has 1 amide bonds. The fourth-order valence-corrected chi connectivity index (χ4v) is 2.27. The Labute approximate surface area is 174 Å². The van der Waals surface area contributed by atoms with Gasteiger partial charge in [0.2, 0.25) is 0 Å². The Morgan fingerprint density at radius 1 is 1.27 bits per heavy atom. The number of carbonyl (C=O) groups excluding carboxylic acids is 1. The lowest BCUT2D eigenvalue weighted by molar-refractivity contribution is -0.119. The van der Waals surface area contributed by atoms with Crippen LogP contribution in [0.4, 0.5) is 0 Å². The van der Waals surface area contributed by atoms with Crippen molar-refractivity contribution in [1.29, 1.82) is 0 Å². The lowest BCUT2D eigenvalue weighted by Gasteiger charge is -2.18. The summed E-state index contributed by atoms with van der Waals surface area (Å²) in [6.07, 6.45) is 2.30. The fourth-order valence-electron chi connectivity index (χ4n) is 2.27. The van der Waals surface area contributed by atoms with Crippen LogP contribution in [0.15, 0.2) is 29.3 Å². The number of hydrogen-bond donors (Lipinski definition) is 3. The standard InChI is InChI=1S/C19H32N4O2.HI/c1-5-21-19(23-15(4)10-9-14(2)3)22-12-16-7-6-8-17(11-16)25-13-18(20)24;/h6-8,11,14-15H,5,9-10,12-13H2,1-4H3,(H2,20,24)(H2,21,22,23);1H. The van der Waals surface area contributed by atoms with E-state index in [1.807, 2.05) is 25.1 Å². The van der Waals surface area contributed by atoms with Gasteiger partial charge >= 0.3 is 0 Å². The van der Waals surface area contributed by atoms with Crippen molar-refractivity contribution in [3.05, 3.63) is 29.8 Å². The Morgan fingerprint density at radius 2 is 2.00 bits per heavy atom. The molecule has 1 aromatic carbocycles. The molecule has 1 unspecified atom stereocenters. The van der Waals surface area contributed by atoms with E-state index in [4.69, 9.17) is 10.5 Å². The van der Waals surface area contributed by atoms with Gasteiger partial charge in [-0.1, -0.05) is 26.0 Å².